The third kappa shape index (κ3) is 2.90. The fourth-order valence-electron chi connectivity index (χ4n) is 7.92. The maximum atomic E-state index is 12.9. The Hall–Kier alpha value is -3.30. The Bertz CT molecular complexity index is 1020. The molecule has 4 aliphatic carbocycles. The number of rotatable bonds is 4. The first kappa shape index (κ1) is 21.9. The number of allylic oxidation sites excluding steroid dienone is 4. The van der Waals surface area contributed by atoms with Crippen molar-refractivity contribution in [2.45, 2.75) is 12.8 Å². The molecular formula is C26H28N4O6. The summed E-state index contributed by atoms with van der Waals surface area (Å²) in [6.07, 6.45) is 9.78. The Balaban J connectivity index is 0.931. The van der Waals surface area contributed by atoms with Crippen LogP contribution >= 0.6 is 0 Å². The third-order valence-corrected chi connectivity index (χ3v) is 9.70. The highest BCUT2D eigenvalue weighted by molar-refractivity contribution is 6.09. The van der Waals surface area contributed by atoms with E-state index in [1.165, 1.54) is 0 Å². The molecule has 2 saturated carbocycles. The number of hydrogen-bond acceptors (Lipinski definition) is 6. The lowest BCUT2D eigenvalue weighted by atomic mass is 9.85. The minimum absolute atomic E-state index is 0.103. The number of amides is 6. The van der Waals surface area contributed by atoms with Crippen molar-refractivity contribution in [1.82, 2.24) is 19.6 Å². The molecule has 7 aliphatic rings. The summed E-state index contributed by atoms with van der Waals surface area (Å²) in [6.45, 7) is 0.606. The first-order valence-electron chi connectivity index (χ1n) is 13.0. The van der Waals surface area contributed by atoms with E-state index in [1.807, 2.05) is 24.3 Å². The Kier molecular flexibility index (Phi) is 4.63. The van der Waals surface area contributed by atoms with Gasteiger partial charge >= 0.3 is 0 Å². The number of fused-ring (bicyclic) bond motifs is 10. The van der Waals surface area contributed by atoms with Crippen LogP contribution < -0.4 is 0 Å². The molecule has 8 atom stereocenters. The molecule has 0 unspecified atom stereocenters. The van der Waals surface area contributed by atoms with Crippen LogP contribution in [0.15, 0.2) is 24.3 Å². The second kappa shape index (κ2) is 7.60. The molecule has 3 saturated heterocycles. The molecule has 3 heterocycles. The molecule has 10 heteroatoms. The van der Waals surface area contributed by atoms with Crippen LogP contribution in [0.25, 0.3) is 0 Å². The van der Waals surface area contributed by atoms with E-state index < -0.39 is 0 Å². The number of hydrogen-bond donors (Lipinski definition) is 0. The molecule has 4 bridgehead atoms. The monoisotopic (exact) mass is 492 g/mol. The van der Waals surface area contributed by atoms with Crippen molar-refractivity contribution in [3.05, 3.63) is 24.3 Å². The fourth-order valence-corrected chi connectivity index (χ4v) is 7.92. The lowest BCUT2D eigenvalue weighted by Gasteiger charge is -2.36. The number of nitrogens with zero attached hydrogens (tertiary/aromatic N) is 4. The van der Waals surface area contributed by atoms with Crippen LogP contribution in [0.4, 0.5) is 0 Å². The molecule has 5 fully saturated rings. The standard InChI is InChI=1S/C26H28N4O6/c31-17(11-29-23(33)19-13-1-2-14(9-13)20(19)24(29)34)27-5-7-28(8-6-27)18(32)12-30-25(35)21-15-3-4-16(10-15)22(21)26(30)36/h1-4,13-16,19-22H,5-12H2/t13-,14-,15-,16+,19-,20+,21-,22-/m0/s1. The van der Waals surface area contributed by atoms with Crippen LogP contribution in [0, 0.1) is 47.3 Å². The van der Waals surface area contributed by atoms with E-state index in [0.29, 0.717) is 0 Å². The molecule has 0 radical (unpaired) electrons. The van der Waals surface area contributed by atoms with Crippen LogP contribution in [0.2, 0.25) is 0 Å². The molecule has 0 aromatic heterocycles. The van der Waals surface area contributed by atoms with E-state index in [-0.39, 0.29) is 122 Å². The zero-order valence-electron chi connectivity index (χ0n) is 19.8. The summed E-state index contributed by atoms with van der Waals surface area (Å²) < 4.78 is 0. The number of carbonyl (C=O) groups excluding carboxylic acids is 6. The van der Waals surface area contributed by atoms with Crippen LogP contribution in [0.1, 0.15) is 12.8 Å². The van der Waals surface area contributed by atoms with Crippen molar-refractivity contribution in [2.75, 3.05) is 39.3 Å². The van der Waals surface area contributed by atoms with Crippen LogP contribution in [0.3, 0.4) is 0 Å². The van der Waals surface area contributed by atoms with Crippen molar-refractivity contribution >= 4 is 35.4 Å². The van der Waals surface area contributed by atoms with Gasteiger partial charge in [0.05, 0.1) is 23.7 Å². The van der Waals surface area contributed by atoms with Gasteiger partial charge in [-0.15, -0.1) is 0 Å². The quantitative estimate of drug-likeness (QED) is 0.378. The predicted molar refractivity (Wildman–Crippen MR) is 122 cm³/mol. The van der Waals surface area contributed by atoms with E-state index in [1.54, 1.807) is 9.80 Å². The van der Waals surface area contributed by atoms with Gasteiger partial charge in [0.25, 0.3) is 0 Å². The summed E-state index contributed by atoms with van der Waals surface area (Å²) in [5.74, 6) is -2.44. The summed E-state index contributed by atoms with van der Waals surface area (Å²) in [4.78, 5) is 82.7. The summed E-state index contributed by atoms with van der Waals surface area (Å²) in [7, 11) is 0. The van der Waals surface area contributed by atoms with Gasteiger partial charge in [0.2, 0.25) is 35.4 Å². The van der Waals surface area contributed by atoms with Gasteiger partial charge in [-0.05, 0) is 36.5 Å². The maximum absolute atomic E-state index is 12.9. The van der Waals surface area contributed by atoms with Crippen LogP contribution in [-0.4, -0.2) is 94.3 Å². The highest BCUT2D eigenvalue weighted by atomic mass is 16.2. The average molecular weight is 493 g/mol. The Labute approximate surface area is 207 Å². The molecule has 7 rings (SSSR count). The zero-order valence-corrected chi connectivity index (χ0v) is 19.8. The molecule has 0 aromatic rings. The second-order valence-electron chi connectivity index (χ2n) is 11.3. The Morgan fingerprint density at radius 3 is 1.11 bits per heavy atom. The summed E-state index contributed by atoms with van der Waals surface area (Å²) in [6, 6.07) is 0. The van der Waals surface area contributed by atoms with E-state index in [9.17, 15) is 28.8 Å². The molecule has 0 spiro atoms. The van der Waals surface area contributed by atoms with Crippen molar-refractivity contribution < 1.29 is 28.8 Å². The number of piperazine rings is 1. The van der Waals surface area contributed by atoms with E-state index in [0.717, 1.165) is 22.6 Å². The minimum Gasteiger partial charge on any atom is -0.338 e. The minimum atomic E-state index is -0.323. The smallest absolute Gasteiger partial charge is 0.242 e. The Morgan fingerprint density at radius 2 is 0.833 bits per heavy atom. The highest BCUT2D eigenvalue weighted by Gasteiger charge is 2.60. The van der Waals surface area contributed by atoms with Crippen molar-refractivity contribution in [3.63, 3.8) is 0 Å². The van der Waals surface area contributed by atoms with Gasteiger partial charge in [0.15, 0.2) is 0 Å². The van der Waals surface area contributed by atoms with Crippen molar-refractivity contribution in [3.8, 4) is 0 Å². The van der Waals surface area contributed by atoms with Gasteiger partial charge in [0, 0.05) is 26.2 Å². The topological polar surface area (TPSA) is 115 Å². The maximum Gasteiger partial charge on any atom is 0.242 e. The van der Waals surface area contributed by atoms with Crippen molar-refractivity contribution in [1.29, 1.82) is 0 Å². The second-order valence-corrected chi connectivity index (χ2v) is 11.3. The molecule has 10 nitrogen and oxygen atoms in total. The molecule has 0 aromatic carbocycles. The lowest BCUT2D eigenvalue weighted by Crippen LogP contribution is -2.55. The summed E-state index contributed by atoms with van der Waals surface area (Å²) in [5.41, 5.74) is 0. The molecule has 3 aliphatic heterocycles. The van der Waals surface area contributed by atoms with Crippen LogP contribution in [0.5, 0.6) is 0 Å². The average Bonchev–Trinajstić information content (AvgIpc) is 3.72. The van der Waals surface area contributed by atoms with E-state index in [4.69, 9.17) is 0 Å². The third-order valence-electron chi connectivity index (χ3n) is 9.70. The van der Waals surface area contributed by atoms with E-state index in [2.05, 4.69) is 0 Å². The van der Waals surface area contributed by atoms with Gasteiger partial charge in [-0.1, -0.05) is 24.3 Å². The Morgan fingerprint density at radius 1 is 0.556 bits per heavy atom. The highest BCUT2D eigenvalue weighted by Crippen LogP contribution is 2.53. The number of likely N-dealkylation sites (tertiary alicyclic amines) is 2. The fraction of sp³-hybridized carbons (Fsp3) is 0.615. The molecule has 36 heavy (non-hydrogen) atoms. The largest absolute Gasteiger partial charge is 0.338 e. The van der Waals surface area contributed by atoms with E-state index >= 15 is 0 Å². The normalized spacial score (nSPS) is 39.8. The summed E-state index contributed by atoms with van der Waals surface area (Å²) in [5, 5.41) is 0. The molecular weight excluding hydrogens is 464 g/mol. The molecule has 0 N–H and O–H groups in total. The van der Waals surface area contributed by atoms with Gasteiger partial charge in [-0.3, -0.25) is 38.6 Å². The van der Waals surface area contributed by atoms with Gasteiger partial charge in [-0.2, -0.15) is 0 Å². The molecule has 6 amide bonds. The van der Waals surface area contributed by atoms with Gasteiger partial charge < -0.3 is 9.80 Å². The van der Waals surface area contributed by atoms with Gasteiger partial charge in [0.1, 0.15) is 13.1 Å². The number of carbonyl (C=O) groups is 6. The number of imide groups is 2. The van der Waals surface area contributed by atoms with Crippen LogP contribution in [-0.2, 0) is 28.8 Å². The first-order valence-corrected chi connectivity index (χ1v) is 13.0. The van der Waals surface area contributed by atoms with Crippen molar-refractivity contribution in [2.24, 2.45) is 47.3 Å². The zero-order chi connectivity index (χ0) is 24.9. The van der Waals surface area contributed by atoms with Gasteiger partial charge in [-0.25, -0.2) is 0 Å². The first-order chi connectivity index (χ1) is 17.3. The summed E-state index contributed by atoms with van der Waals surface area (Å²) >= 11 is 0. The molecule has 188 valence electrons. The SMILES string of the molecule is O=C(CN1C(=O)[C@@H]2[C@@H](C1=O)[C@H]1C=C[C@@H]2C1)N1CCN(C(=O)CN2C(=O)[C@@H]3[C@H](C2=O)[C@H]2C=C[C@H]3C2)CC1. The lowest BCUT2D eigenvalue weighted by molar-refractivity contribution is -0.150. The predicted octanol–water partition coefficient (Wildman–Crippen LogP) is -0.729.